The number of nitrogens with zero attached hydrogens (tertiary/aromatic N) is 1. The van der Waals surface area contributed by atoms with Crippen molar-refractivity contribution < 1.29 is 9.18 Å². The summed E-state index contributed by atoms with van der Waals surface area (Å²) < 4.78 is 14.1. The SMILES string of the molecule is CC1CCCCN1CCNC(=O)c1cc(Cl)cc(Br)c1F. The van der Waals surface area contributed by atoms with Gasteiger partial charge in [0.2, 0.25) is 0 Å². The lowest BCUT2D eigenvalue weighted by molar-refractivity contribution is 0.0934. The number of amides is 1. The number of nitrogens with one attached hydrogen (secondary N) is 1. The fourth-order valence-corrected chi connectivity index (χ4v) is 3.43. The van der Waals surface area contributed by atoms with Gasteiger partial charge in [0.05, 0.1) is 10.0 Å². The summed E-state index contributed by atoms with van der Waals surface area (Å²) in [5.41, 5.74) is -0.0268. The van der Waals surface area contributed by atoms with Crippen LogP contribution in [0.1, 0.15) is 36.5 Å². The van der Waals surface area contributed by atoms with Crippen molar-refractivity contribution >= 4 is 33.4 Å². The molecule has 116 valence electrons. The first-order valence-corrected chi connectivity index (χ1v) is 8.33. The van der Waals surface area contributed by atoms with Crippen LogP contribution in [-0.2, 0) is 0 Å². The molecule has 1 fully saturated rings. The van der Waals surface area contributed by atoms with E-state index in [1.54, 1.807) is 0 Å². The highest BCUT2D eigenvalue weighted by molar-refractivity contribution is 9.10. The molecule has 0 spiro atoms. The average Bonchev–Trinajstić information content (AvgIpc) is 2.44. The fraction of sp³-hybridized carbons (Fsp3) is 0.533. The van der Waals surface area contributed by atoms with Crippen molar-refractivity contribution in [2.24, 2.45) is 0 Å². The van der Waals surface area contributed by atoms with E-state index in [1.165, 1.54) is 31.4 Å². The number of likely N-dealkylation sites (tertiary alicyclic amines) is 1. The molecule has 1 aliphatic rings. The standard InChI is InChI=1S/C15H19BrClFN2O/c1-10-4-2-3-6-20(10)7-5-19-15(21)12-8-11(17)9-13(16)14(12)18/h8-10H,2-7H2,1H3,(H,19,21). The number of piperidine rings is 1. The molecule has 1 heterocycles. The van der Waals surface area contributed by atoms with E-state index in [9.17, 15) is 9.18 Å². The Balaban J connectivity index is 1.90. The lowest BCUT2D eigenvalue weighted by Gasteiger charge is -2.33. The van der Waals surface area contributed by atoms with Crippen LogP contribution in [0.15, 0.2) is 16.6 Å². The molecule has 0 bridgehead atoms. The van der Waals surface area contributed by atoms with Crippen molar-refractivity contribution in [3.05, 3.63) is 33.0 Å². The molecule has 2 rings (SSSR count). The third kappa shape index (κ3) is 4.41. The van der Waals surface area contributed by atoms with Crippen molar-refractivity contribution in [2.75, 3.05) is 19.6 Å². The summed E-state index contributed by atoms with van der Waals surface area (Å²) in [5.74, 6) is -1.01. The van der Waals surface area contributed by atoms with Crippen molar-refractivity contribution in [3.8, 4) is 0 Å². The predicted octanol–water partition coefficient (Wildman–Crippen LogP) is 3.85. The molecule has 1 atom stereocenters. The second-order valence-electron chi connectivity index (χ2n) is 5.39. The third-order valence-electron chi connectivity index (χ3n) is 3.86. The Morgan fingerprint density at radius 3 is 3.00 bits per heavy atom. The molecular weight excluding hydrogens is 359 g/mol. The highest BCUT2D eigenvalue weighted by Crippen LogP contribution is 2.24. The first-order valence-electron chi connectivity index (χ1n) is 7.16. The van der Waals surface area contributed by atoms with Crippen LogP contribution in [0, 0.1) is 5.82 Å². The quantitative estimate of drug-likeness (QED) is 0.809. The van der Waals surface area contributed by atoms with Gasteiger partial charge in [0.15, 0.2) is 0 Å². The van der Waals surface area contributed by atoms with E-state index in [0.717, 1.165) is 13.1 Å². The van der Waals surface area contributed by atoms with Gasteiger partial charge in [0, 0.05) is 24.2 Å². The van der Waals surface area contributed by atoms with Crippen LogP contribution in [0.2, 0.25) is 5.02 Å². The topological polar surface area (TPSA) is 32.3 Å². The average molecular weight is 378 g/mol. The molecule has 3 nitrogen and oxygen atoms in total. The first-order chi connectivity index (χ1) is 9.99. The number of halogens is 3. The van der Waals surface area contributed by atoms with Gasteiger partial charge in [-0.25, -0.2) is 4.39 Å². The number of rotatable bonds is 4. The zero-order valence-corrected chi connectivity index (χ0v) is 14.3. The minimum atomic E-state index is -0.580. The summed E-state index contributed by atoms with van der Waals surface area (Å²) in [4.78, 5) is 14.4. The minimum Gasteiger partial charge on any atom is -0.351 e. The van der Waals surface area contributed by atoms with Crippen LogP contribution in [-0.4, -0.2) is 36.5 Å². The minimum absolute atomic E-state index is 0.0268. The van der Waals surface area contributed by atoms with E-state index in [1.807, 2.05) is 0 Å². The molecule has 1 aromatic rings. The van der Waals surface area contributed by atoms with Crippen molar-refractivity contribution in [2.45, 2.75) is 32.2 Å². The van der Waals surface area contributed by atoms with Crippen molar-refractivity contribution in [1.82, 2.24) is 10.2 Å². The number of hydrogen-bond acceptors (Lipinski definition) is 2. The number of carbonyl (C=O) groups excluding carboxylic acids is 1. The molecule has 0 aromatic heterocycles. The second kappa shape index (κ2) is 7.56. The molecule has 1 aromatic carbocycles. The maximum Gasteiger partial charge on any atom is 0.254 e. The molecular formula is C15H19BrClFN2O. The summed E-state index contributed by atoms with van der Waals surface area (Å²) >= 11 is 8.91. The van der Waals surface area contributed by atoms with Gasteiger partial charge < -0.3 is 5.32 Å². The number of hydrogen-bond donors (Lipinski definition) is 1. The van der Waals surface area contributed by atoms with E-state index in [-0.39, 0.29) is 10.0 Å². The Morgan fingerprint density at radius 2 is 2.29 bits per heavy atom. The Bertz CT molecular complexity index is 527. The van der Waals surface area contributed by atoms with Crippen LogP contribution in [0.5, 0.6) is 0 Å². The molecule has 0 aliphatic carbocycles. The van der Waals surface area contributed by atoms with Gasteiger partial charge in [-0.1, -0.05) is 18.0 Å². The zero-order valence-electron chi connectivity index (χ0n) is 12.0. The van der Waals surface area contributed by atoms with Gasteiger partial charge in [-0.05, 0) is 54.4 Å². The highest BCUT2D eigenvalue weighted by atomic mass is 79.9. The van der Waals surface area contributed by atoms with Crippen LogP contribution < -0.4 is 5.32 Å². The molecule has 21 heavy (non-hydrogen) atoms. The van der Waals surface area contributed by atoms with Gasteiger partial charge in [0.1, 0.15) is 5.82 Å². The van der Waals surface area contributed by atoms with Crippen LogP contribution in [0.25, 0.3) is 0 Å². The van der Waals surface area contributed by atoms with Gasteiger partial charge in [0.25, 0.3) is 5.91 Å². The van der Waals surface area contributed by atoms with E-state index < -0.39 is 11.7 Å². The Hall–Kier alpha value is -0.650. The normalized spacial score (nSPS) is 19.5. The number of benzene rings is 1. The van der Waals surface area contributed by atoms with Crippen molar-refractivity contribution in [3.63, 3.8) is 0 Å². The maximum atomic E-state index is 13.9. The van der Waals surface area contributed by atoms with Crippen LogP contribution >= 0.6 is 27.5 Å². The van der Waals surface area contributed by atoms with Gasteiger partial charge in [-0.15, -0.1) is 0 Å². The summed E-state index contributed by atoms with van der Waals surface area (Å²) in [7, 11) is 0. The molecule has 0 saturated carbocycles. The molecule has 1 aliphatic heterocycles. The third-order valence-corrected chi connectivity index (χ3v) is 4.66. The van der Waals surface area contributed by atoms with Crippen LogP contribution in [0.4, 0.5) is 4.39 Å². The molecule has 1 amide bonds. The van der Waals surface area contributed by atoms with E-state index in [2.05, 4.69) is 33.1 Å². The summed E-state index contributed by atoms with van der Waals surface area (Å²) in [5, 5.41) is 3.09. The zero-order chi connectivity index (χ0) is 15.4. The molecule has 6 heteroatoms. The van der Waals surface area contributed by atoms with E-state index in [4.69, 9.17) is 11.6 Å². The van der Waals surface area contributed by atoms with Gasteiger partial charge in [-0.2, -0.15) is 0 Å². The Kier molecular flexibility index (Phi) is 6.02. The fourth-order valence-electron chi connectivity index (χ4n) is 2.62. The van der Waals surface area contributed by atoms with Gasteiger partial charge >= 0.3 is 0 Å². The molecule has 1 N–H and O–H groups in total. The van der Waals surface area contributed by atoms with Crippen LogP contribution in [0.3, 0.4) is 0 Å². The highest BCUT2D eigenvalue weighted by Gasteiger charge is 2.19. The predicted molar refractivity (Wildman–Crippen MR) is 86.3 cm³/mol. The Labute approximate surface area is 138 Å². The van der Waals surface area contributed by atoms with E-state index >= 15 is 0 Å². The summed E-state index contributed by atoms with van der Waals surface area (Å²) in [6.07, 6.45) is 3.67. The smallest absolute Gasteiger partial charge is 0.254 e. The number of carbonyl (C=O) groups is 1. The van der Waals surface area contributed by atoms with Gasteiger partial charge in [-0.3, -0.25) is 9.69 Å². The largest absolute Gasteiger partial charge is 0.351 e. The van der Waals surface area contributed by atoms with E-state index in [0.29, 0.717) is 17.6 Å². The second-order valence-corrected chi connectivity index (χ2v) is 6.68. The lowest BCUT2D eigenvalue weighted by Crippen LogP contribution is -2.42. The maximum absolute atomic E-state index is 13.9. The first kappa shape index (κ1) is 16.7. The molecule has 0 radical (unpaired) electrons. The lowest BCUT2D eigenvalue weighted by atomic mass is 10.0. The van der Waals surface area contributed by atoms with Crippen molar-refractivity contribution in [1.29, 1.82) is 0 Å². The monoisotopic (exact) mass is 376 g/mol. The Morgan fingerprint density at radius 1 is 1.52 bits per heavy atom. The summed E-state index contributed by atoms with van der Waals surface area (Å²) in [6.45, 7) is 4.56. The summed E-state index contributed by atoms with van der Waals surface area (Å²) in [6, 6.07) is 3.33. The molecule has 1 saturated heterocycles. The molecule has 1 unspecified atom stereocenters.